The monoisotopic (exact) mass is 378 g/mol. The number of amides is 1. The van der Waals surface area contributed by atoms with Crippen LogP contribution in [0.5, 0.6) is 5.75 Å². The molecule has 0 unspecified atom stereocenters. The number of benzene rings is 2. The number of carbonyl (C=O) groups excluding carboxylic acids is 1. The Morgan fingerprint density at radius 3 is 2.54 bits per heavy atom. The van der Waals surface area contributed by atoms with Crippen LogP contribution in [-0.4, -0.2) is 55.5 Å². The van der Waals surface area contributed by atoms with Gasteiger partial charge < -0.3 is 14.5 Å². The number of para-hydroxylation sites is 1. The summed E-state index contributed by atoms with van der Waals surface area (Å²) in [4.78, 5) is 17.0. The fraction of sp³-hybridized carbons (Fsp3) is 0.375. The fourth-order valence-electron chi connectivity index (χ4n) is 3.47. The molecule has 2 aromatic carbocycles. The first-order chi connectivity index (χ1) is 13.5. The zero-order chi connectivity index (χ0) is 20.1. The van der Waals surface area contributed by atoms with Crippen LogP contribution in [0, 0.1) is 5.92 Å². The number of nitrogens with zero attached hydrogens (tertiary/aromatic N) is 2. The summed E-state index contributed by atoms with van der Waals surface area (Å²) < 4.78 is 5.98. The lowest BCUT2D eigenvalue weighted by atomic mass is 10.0. The van der Waals surface area contributed by atoms with E-state index in [4.69, 9.17) is 4.74 Å². The van der Waals surface area contributed by atoms with Gasteiger partial charge in [0.1, 0.15) is 12.4 Å². The summed E-state index contributed by atoms with van der Waals surface area (Å²) in [6.07, 6.45) is 4.22. The Hall–Kier alpha value is -2.59. The van der Waals surface area contributed by atoms with E-state index in [1.165, 1.54) is 0 Å². The highest BCUT2D eigenvalue weighted by molar-refractivity contribution is 5.95. The summed E-state index contributed by atoms with van der Waals surface area (Å²) in [5.74, 6) is 1.37. The van der Waals surface area contributed by atoms with E-state index in [0.717, 1.165) is 29.0 Å². The first-order valence-corrected chi connectivity index (χ1v) is 9.92. The van der Waals surface area contributed by atoms with Gasteiger partial charge in [-0.1, -0.05) is 56.3 Å². The highest BCUT2D eigenvalue weighted by Crippen LogP contribution is 2.30. The first-order valence-electron chi connectivity index (χ1n) is 9.92. The smallest absolute Gasteiger partial charge is 0.254 e. The molecule has 3 rings (SSSR count). The number of hydrogen-bond acceptors (Lipinski definition) is 3. The van der Waals surface area contributed by atoms with Crippen molar-refractivity contribution < 1.29 is 9.53 Å². The SMILES string of the molecule is CC(C)[C@@H]1C=CCN1C(=O)c1ccc(-c2ccccc2OCCN(C)C)cc1. The largest absolute Gasteiger partial charge is 0.492 e. The van der Waals surface area contributed by atoms with Gasteiger partial charge in [0.2, 0.25) is 0 Å². The van der Waals surface area contributed by atoms with Crippen molar-refractivity contribution in [1.82, 2.24) is 9.80 Å². The second-order valence-corrected chi connectivity index (χ2v) is 7.85. The maximum atomic E-state index is 12.9. The lowest BCUT2D eigenvalue weighted by Crippen LogP contribution is -2.38. The molecular weight excluding hydrogens is 348 g/mol. The summed E-state index contributed by atoms with van der Waals surface area (Å²) in [5, 5.41) is 0. The summed E-state index contributed by atoms with van der Waals surface area (Å²) in [5.41, 5.74) is 2.82. The predicted molar refractivity (Wildman–Crippen MR) is 115 cm³/mol. The van der Waals surface area contributed by atoms with Crippen molar-refractivity contribution in [1.29, 1.82) is 0 Å². The standard InChI is InChI=1S/C24H30N2O2/c1-18(2)22-9-7-15-26(22)24(27)20-13-11-19(12-14-20)21-8-5-6-10-23(21)28-17-16-25(3)4/h5-14,18,22H,15-17H2,1-4H3/t22-/m0/s1. The van der Waals surface area contributed by atoms with E-state index in [0.29, 0.717) is 19.1 Å². The first kappa shape index (κ1) is 20.2. The Labute approximate surface area is 168 Å². The average Bonchev–Trinajstić information content (AvgIpc) is 3.18. The third-order valence-corrected chi connectivity index (χ3v) is 5.07. The molecule has 0 saturated carbocycles. The summed E-state index contributed by atoms with van der Waals surface area (Å²) in [6.45, 7) is 6.49. The van der Waals surface area contributed by atoms with Crippen LogP contribution < -0.4 is 4.74 Å². The van der Waals surface area contributed by atoms with Crippen LogP contribution in [0.1, 0.15) is 24.2 Å². The molecule has 148 valence electrons. The zero-order valence-corrected chi connectivity index (χ0v) is 17.3. The van der Waals surface area contributed by atoms with E-state index in [2.05, 4.69) is 37.0 Å². The second kappa shape index (κ2) is 9.07. The van der Waals surface area contributed by atoms with Gasteiger partial charge in [0.25, 0.3) is 5.91 Å². The van der Waals surface area contributed by atoms with E-state index < -0.39 is 0 Å². The van der Waals surface area contributed by atoms with Crippen LogP contribution >= 0.6 is 0 Å². The lowest BCUT2D eigenvalue weighted by Gasteiger charge is -2.27. The minimum absolute atomic E-state index is 0.0887. The van der Waals surface area contributed by atoms with E-state index in [1.54, 1.807) is 0 Å². The Morgan fingerprint density at radius 2 is 1.86 bits per heavy atom. The van der Waals surface area contributed by atoms with Gasteiger partial charge in [0.15, 0.2) is 0 Å². The molecule has 0 spiro atoms. The summed E-state index contributed by atoms with van der Waals surface area (Å²) in [6, 6.07) is 16.1. The average molecular weight is 379 g/mol. The number of likely N-dealkylation sites (N-methyl/N-ethyl adjacent to an activating group) is 1. The minimum Gasteiger partial charge on any atom is -0.492 e. The quantitative estimate of drug-likeness (QED) is 0.672. The van der Waals surface area contributed by atoms with Gasteiger partial charge in [0, 0.05) is 24.2 Å². The van der Waals surface area contributed by atoms with Crippen LogP contribution in [-0.2, 0) is 0 Å². The molecule has 0 aromatic heterocycles. The second-order valence-electron chi connectivity index (χ2n) is 7.85. The molecule has 0 fully saturated rings. The third kappa shape index (κ3) is 4.63. The Morgan fingerprint density at radius 1 is 1.14 bits per heavy atom. The highest BCUT2D eigenvalue weighted by atomic mass is 16.5. The highest BCUT2D eigenvalue weighted by Gasteiger charge is 2.27. The van der Waals surface area contributed by atoms with Crippen LogP contribution in [0.3, 0.4) is 0 Å². The van der Waals surface area contributed by atoms with Crippen molar-refractivity contribution in [3.05, 3.63) is 66.2 Å². The molecule has 1 aliphatic heterocycles. The van der Waals surface area contributed by atoms with Crippen LogP contribution in [0.25, 0.3) is 11.1 Å². The van der Waals surface area contributed by atoms with Crippen molar-refractivity contribution in [3.63, 3.8) is 0 Å². The number of rotatable bonds is 7. The zero-order valence-electron chi connectivity index (χ0n) is 17.3. The van der Waals surface area contributed by atoms with Gasteiger partial charge in [-0.25, -0.2) is 0 Å². The molecule has 4 heteroatoms. The van der Waals surface area contributed by atoms with Crippen molar-refractivity contribution in [2.24, 2.45) is 5.92 Å². The number of ether oxygens (including phenoxy) is 1. The van der Waals surface area contributed by atoms with Gasteiger partial charge in [-0.15, -0.1) is 0 Å². The summed E-state index contributed by atoms with van der Waals surface area (Å²) in [7, 11) is 4.06. The van der Waals surface area contributed by atoms with E-state index in [1.807, 2.05) is 61.5 Å². The van der Waals surface area contributed by atoms with Gasteiger partial charge >= 0.3 is 0 Å². The van der Waals surface area contributed by atoms with Gasteiger partial charge in [-0.05, 0) is 43.8 Å². The molecule has 1 heterocycles. The van der Waals surface area contributed by atoms with E-state index in [9.17, 15) is 4.79 Å². The van der Waals surface area contributed by atoms with Crippen molar-refractivity contribution >= 4 is 5.91 Å². The van der Waals surface area contributed by atoms with Gasteiger partial charge in [-0.2, -0.15) is 0 Å². The van der Waals surface area contributed by atoms with Gasteiger partial charge in [0.05, 0.1) is 6.04 Å². The molecule has 2 aromatic rings. The Bertz CT molecular complexity index is 825. The molecular formula is C24H30N2O2. The fourth-order valence-corrected chi connectivity index (χ4v) is 3.47. The molecule has 1 atom stereocenters. The molecule has 0 aliphatic carbocycles. The predicted octanol–water partition coefficient (Wildman–Crippen LogP) is 4.33. The van der Waals surface area contributed by atoms with Crippen LogP contribution in [0.15, 0.2) is 60.7 Å². The molecule has 1 amide bonds. The molecule has 0 bridgehead atoms. The normalized spacial score (nSPS) is 16.2. The van der Waals surface area contributed by atoms with Crippen molar-refractivity contribution in [2.75, 3.05) is 33.8 Å². The Balaban J connectivity index is 1.75. The number of carbonyl (C=O) groups is 1. The lowest BCUT2D eigenvalue weighted by molar-refractivity contribution is 0.0720. The molecule has 0 saturated heterocycles. The van der Waals surface area contributed by atoms with Crippen molar-refractivity contribution in [2.45, 2.75) is 19.9 Å². The maximum Gasteiger partial charge on any atom is 0.254 e. The van der Waals surface area contributed by atoms with E-state index >= 15 is 0 Å². The van der Waals surface area contributed by atoms with Crippen LogP contribution in [0.2, 0.25) is 0 Å². The third-order valence-electron chi connectivity index (χ3n) is 5.07. The van der Waals surface area contributed by atoms with Gasteiger partial charge in [-0.3, -0.25) is 4.79 Å². The topological polar surface area (TPSA) is 32.8 Å². The summed E-state index contributed by atoms with van der Waals surface area (Å²) >= 11 is 0. The minimum atomic E-state index is 0.0887. The molecule has 1 aliphatic rings. The maximum absolute atomic E-state index is 12.9. The molecule has 0 radical (unpaired) electrons. The number of hydrogen-bond donors (Lipinski definition) is 0. The van der Waals surface area contributed by atoms with Crippen LogP contribution in [0.4, 0.5) is 0 Å². The molecule has 28 heavy (non-hydrogen) atoms. The Kier molecular flexibility index (Phi) is 6.53. The molecule has 4 nitrogen and oxygen atoms in total. The molecule has 0 N–H and O–H groups in total. The van der Waals surface area contributed by atoms with Crippen molar-refractivity contribution in [3.8, 4) is 16.9 Å². The van der Waals surface area contributed by atoms with E-state index in [-0.39, 0.29) is 11.9 Å².